The summed E-state index contributed by atoms with van der Waals surface area (Å²) in [7, 11) is 0. The maximum atomic E-state index is 8.85. The van der Waals surface area contributed by atoms with Crippen LogP contribution in [0.15, 0.2) is 18.2 Å². The van der Waals surface area contributed by atoms with Crippen LogP contribution in [0.25, 0.3) is 10.1 Å². The molecular formula is C9H5IN2S. The van der Waals surface area contributed by atoms with Crippen LogP contribution >= 0.6 is 33.9 Å². The lowest BCUT2D eigenvalue weighted by molar-refractivity contribution is 1.52. The Morgan fingerprint density at radius 2 is 2.23 bits per heavy atom. The van der Waals surface area contributed by atoms with E-state index >= 15 is 0 Å². The predicted octanol–water partition coefficient (Wildman–Crippen LogP) is 2.96. The van der Waals surface area contributed by atoms with Crippen LogP contribution in [0.3, 0.4) is 0 Å². The number of nitriles is 1. The van der Waals surface area contributed by atoms with E-state index in [-0.39, 0.29) is 0 Å². The maximum Gasteiger partial charge on any atom is 0.105 e. The average Bonchev–Trinajstić information content (AvgIpc) is 2.39. The lowest BCUT2D eigenvalue weighted by atomic mass is 10.2. The second-order valence-electron chi connectivity index (χ2n) is 2.59. The van der Waals surface area contributed by atoms with Crippen LogP contribution in [0, 0.1) is 14.9 Å². The first-order chi connectivity index (χ1) is 6.22. The molecule has 64 valence electrons. The molecule has 4 heteroatoms. The van der Waals surface area contributed by atoms with Crippen molar-refractivity contribution < 1.29 is 0 Å². The summed E-state index contributed by atoms with van der Waals surface area (Å²) in [6.07, 6.45) is 0. The molecule has 0 aliphatic rings. The number of hydrogen-bond donors (Lipinski definition) is 1. The molecule has 0 fully saturated rings. The van der Waals surface area contributed by atoms with Gasteiger partial charge in [0, 0.05) is 13.7 Å². The smallest absolute Gasteiger partial charge is 0.105 e. The molecule has 0 radical (unpaired) electrons. The van der Waals surface area contributed by atoms with Crippen molar-refractivity contribution >= 4 is 49.0 Å². The van der Waals surface area contributed by atoms with Gasteiger partial charge in [0.15, 0.2) is 0 Å². The Labute approximate surface area is 93.1 Å². The van der Waals surface area contributed by atoms with Gasteiger partial charge < -0.3 is 5.73 Å². The highest BCUT2D eigenvalue weighted by atomic mass is 127. The second kappa shape index (κ2) is 3.16. The molecule has 0 aliphatic heterocycles. The van der Waals surface area contributed by atoms with E-state index in [0.717, 1.165) is 13.7 Å². The molecule has 0 amide bonds. The Balaban J connectivity index is 2.88. The van der Waals surface area contributed by atoms with E-state index < -0.39 is 0 Å². The minimum absolute atomic E-state index is 0.608. The van der Waals surface area contributed by atoms with Crippen molar-refractivity contribution in [2.75, 3.05) is 5.73 Å². The maximum absolute atomic E-state index is 8.85. The first-order valence-corrected chi connectivity index (χ1v) is 5.49. The van der Waals surface area contributed by atoms with E-state index in [1.165, 1.54) is 11.3 Å². The molecule has 1 heterocycles. The van der Waals surface area contributed by atoms with E-state index in [2.05, 4.69) is 28.7 Å². The molecule has 0 saturated heterocycles. The summed E-state index contributed by atoms with van der Waals surface area (Å²) < 4.78 is 2.25. The topological polar surface area (TPSA) is 49.8 Å². The van der Waals surface area contributed by atoms with Gasteiger partial charge in [0.2, 0.25) is 0 Å². The van der Waals surface area contributed by atoms with Gasteiger partial charge in [-0.2, -0.15) is 5.26 Å². The van der Waals surface area contributed by atoms with Crippen LogP contribution in [0.2, 0.25) is 0 Å². The summed E-state index contributed by atoms with van der Waals surface area (Å²) in [4.78, 5) is 0. The normalized spacial score (nSPS) is 10.2. The lowest BCUT2D eigenvalue weighted by Crippen LogP contribution is -1.81. The first-order valence-electron chi connectivity index (χ1n) is 3.60. The molecule has 0 aliphatic carbocycles. The lowest BCUT2D eigenvalue weighted by Gasteiger charge is -1.90. The second-order valence-corrected chi connectivity index (χ2v) is 4.92. The van der Waals surface area contributed by atoms with Gasteiger partial charge in [0.25, 0.3) is 0 Å². The van der Waals surface area contributed by atoms with E-state index in [4.69, 9.17) is 11.0 Å². The molecule has 0 atom stereocenters. The molecule has 2 nitrogen and oxygen atoms in total. The van der Waals surface area contributed by atoms with Crippen LogP contribution in [-0.2, 0) is 0 Å². The predicted molar refractivity (Wildman–Crippen MR) is 63.7 cm³/mol. The van der Waals surface area contributed by atoms with Gasteiger partial charge in [-0.15, -0.1) is 11.3 Å². The summed E-state index contributed by atoms with van der Waals surface area (Å²) in [6.45, 7) is 0. The summed E-state index contributed by atoms with van der Waals surface area (Å²) in [5.74, 6) is 0. The number of nitrogens with zero attached hydrogens (tertiary/aromatic N) is 1. The van der Waals surface area contributed by atoms with Gasteiger partial charge in [0.1, 0.15) is 11.1 Å². The van der Waals surface area contributed by atoms with Crippen molar-refractivity contribution in [3.63, 3.8) is 0 Å². The third-order valence-electron chi connectivity index (χ3n) is 1.79. The van der Waals surface area contributed by atoms with Crippen LogP contribution in [0.5, 0.6) is 0 Å². The monoisotopic (exact) mass is 300 g/mol. The summed E-state index contributed by atoms with van der Waals surface area (Å²) >= 11 is 3.71. The minimum Gasteiger partial charge on any atom is -0.389 e. The Kier molecular flexibility index (Phi) is 2.14. The van der Waals surface area contributed by atoms with Gasteiger partial charge in [-0.3, -0.25) is 0 Å². The van der Waals surface area contributed by atoms with Crippen LogP contribution < -0.4 is 5.73 Å². The molecule has 0 bridgehead atoms. The molecule has 2 rings (SSSR count). The molecule has 0 spiro atoms. The first kappa shape index (κ1) is 8.78. The zero-order valence-corrected chi connectivity index (χ0v) is 9.52. The van der Waals surface area contributed by atoms with Crippen molar-refractivity contribution in [1.82, 2.24) is 0 Å². The van der Waals surface area contributed by atoms with E-state index in [1.54, 1.807) is 0 Å². The largest absolute Gasteiger partial charge is 0.389 e. The number of halogens is 1. The number of rotatable bonds is 0. The minimum atomic E-state index is 0.608. The van der Waals surface area contributed by atoms with Crippen molar-refractivity contribution in [2.24, 2.45) is 0 Å². The third kappa shape index (κ3) is 1.38. The number of thiophene rings is 1. The Hall–Kier alpha value is -0.800. The van der Waals surface area contributed by atoms with Crippen molar-refractivity contribution in [3.05, 3.63) is 27.3 Å². The number of nitrogen functional groups attached to an aromatic ring is 1. The van der Waals surface area contributed by atoms with Crippen molar-refractivity contribution in [2.45, 2.75) is 0 Å². The van der Waals surface area contributed by atoms with Crippen molar-refractivity contribution in [1.29, 1.82) is 5.26 Å². The molecular weight excluding hydrogens is 295 g/mol. The quantitative estimate of drug-likeness (QED) is 0.760. The molecule has 13 heavy (non-hydrogen) atoms. The highest BCUT2D eigenvalue weighted by Crippen LogP contribution is 2.33. The fourth-order valence-corrected chi connectivity index (χ4v) is 2.87. The number of anilines is 1. The zero-order chi connectivity index (χ0) is 9.42. The van der Waals surface area contributed by atoms with Crippen molar-refractivity contribution in [3.8, 4) is 6.07 Å². The van der Waals surface area contributed by atoms with Crippen LogP contribution in [0.4, 0.5) is 5.00 Å². The Morgan fingerprint density at radius 3 is 2.92 bits per heavy atom. The molecule has 0 saturated carbocycles. The average molecular weight is 300 g/mol. The number of fused-ring (bicyclic) bond motifs is 1. The highest BCUT2D eigenvalue weighted by Gasteiger charge is 2.08. The van der Waals surface area contributed by atoms with E-state index in [1.807, 2.05) is 18.2 Å². The molecule has 1 aromatic heterocycles. The molecule has 2 aromatic rings. The number of benzene rings is 1. The van der Waals surface area contributed by atoms with Gasteiger partial charge >= 0.3 is 0 Å². The highest BCUT2D eigenvalue weighted by molar-refractivity contribution is 14.1. The Bertz CT molecular complexity index is 510. The SMILES string of the molecule is N#Cc1c(N)sc2cc(I)ccc12. The van der Waals surface area contributed by atoms with E-state index in [9.17, 15) is 0 Å². The summed E-state index contributed by atoms with van der Waals surface area (Å²) in [5, 5.41) is 10.4. The van der Waals surface area contributed by atoms with Gasteiger partial charge in [-0.25, -0.2) is 0 Å². The third-order valence-corrected chi connectivity index (χ3v) is 3.44. The fourth-order valence-electron chi connectivity index (χ4n) is 1.20. The molecule has 1 aromatic carbocycles. The Morgan fingerprint density at radius 1 is 1.46 bits per heavy atom. The molecule has 0 unspecified atom stereocenters. The number of hydrogen-bond acceptors (Lipinski definition) is 3. The van der Waals surface area contributed by atoms with E-state index in [0.29, 0.717) is 10.6 Å². The molecule has 2 N–H and O–H groups in total. The fraction of sp³-hybridized carbons (Fsp3) is 0. The summed E-state index contributed by atoms with van der Waals surface area (Å²) in [6, 6.07) is 8.09. The van der Waals surface area contributed by atoms with Gasteiger partial charge in [-0.1, -0.05) is 6.07 Å². The van der Waals surface area contributed by atoms with Crippen LogP contribution in [0.1, 0.15) is 5.56 Å². The van der Waals surface area contributed by atoms with Gasteiger partial charge in [-0.05, 0) is 34.7 Å². The zero-order valence-electron chi connectivity index (χ0n) is 6.54. The van der Waals surface area contributed by atoms with Crippen LogP contribution in [-0.4, -0.2) is 0 Å². The standard InChI is InChI=1S/C9H5IN2S/c10-5-1-2-6-7(4-11)9(12)13-8(6)3-5/h1-3H,12H2. The van der Waals surface area contributed by atoms with Gasteiger partial charge in [0.05, 0.1) is 5.56 Å². The summed E-state index contributed by atoms with van der Waals surface area (Å²) in [5.41, 5.74) is 6.32. The number of nitrogens with two attached hydrogens (primary N) is 1.